The molecule has 0 aromatic heterocycles. The molecule has 26 heavy (non-hydrogen) atoms. The van der Waals surface area contributed by atoms with Gasteiger partial charge in [-0.3, -0.25) is 4.79 Å². The molecule has 2 aromatic carbocycles. The highest BCUT2D eigenvalue weighted by Gasteiger charge is 2.32. The second kappa shape index (κ2) is 7.70. The van der Waals surface area contributed by atoms with E-state index in [1.54, 1.807) is 16.4 Å². The lowest BCUT2D eigenvalue weighted by Crippen LogP contribution is -3.14. The van der Waals surface area contributed by atoms with Crippen LogP contribution in [0, 0.1) is 0 Å². The van der Waals surface area contributed by atoms with E-state index in [2.05, 4.69) is 19.1 Å². The normalized spacial score (nSPS) is 17.8. The lowest BCUT2D eigenvalue weighted by atomic mass is 10.1. The van der Waals surface area contributed by atoms with Crippen LogP contribution in [0.2, 0.25) is 0 Å². The summed E-state index contributed by atoms with van der Waals surface area (Å²) in [4.78, 5) is 13.0. The number of hydrogen-bond donors (Lipinski definition) is 1. The molecule has 0 unspecified atom stereocenters. The second-order valence-corrected chi connectivity index (χ2v) is 8.71. The van der Waals surface area contributed by atoms with Crippen LogP contribution in [0.1, 0.15) is 35.8 Å². The third-order valence-corrected chi connectivity index (χ3v) is 7.09. The van der Waals surface area contributed by atoms with Gasteiger partial charge in [-0.2, -0.15) is 4.31 Å². The minimum Gasteiger partial charge on any atom is -0.327 e. The number of ketones is 1. The van der Waals surface area contributed by atoms with E-state index < -0.39 is 10.0 Å². The zero-order chi connectivity index (χ0) is 18.7. The van der Waals surface area contributed by atoms with Crippen molar-refractivity contribution in [1.29, 1.82) is 0 Å². The number of nitrogens with one attached hydrogen (secondary N) is 1. The fourth-order valence-electron chi connectivity index (χ4n) is 3.43. The Labute approximate surface area is 155 Å². The molecule has 1 N–H and O–H groups in total. The van der Waals surface area contributed by atoms with E-state index >= 15 is 0 Å². The molecule has 0 radical (unpaired) electrons. The monoisotopic (exact) mass is 373 g/mol. The third-order valence-electron chi connectivity index (χ3n) is 5.18. The standard InChI is InChI=1S/C20H24N2O3S/c1-16(18-6-4-3-5-7-18)21-12-14-22(15-13-21)26(24,25)20-10-8-19(9-11-20)17(2)23/h3-11,16H,12-15H2,1-2H3/p+1/t16-/m0/s1. The fourth-order valence-corrected chi connectivity index (χ4v) is 4.88. The van der Waals surface area contributed by atoms with Gasteiger partial charge < -0.3 is 4.90 Å². The highest BCUT2D eigenvalue weighted by Crippen LogP contribution is 2.17. The predicted molar refractivity (Wildman–Crippen MR) is 101 cm³/mol. The number of benzene rings is 2. The van der Waals surface area contributed by atoms with Crippen LogP contribution in [0.25, 0.3) is 0 Å². The fraction of sp³-hybridized carbons (Fsp3) is 0.350. The van der Waals surface area contributed by atoms with Crippen molar-refractivity contribution >= 4 is 15.8 Å². The molecule has 1 saturated heterocycles. The van der Waals surface area contributed by atoms with Gasteiger partial charge in [0.2, 0.25) is 10.0 Å². The van der Waals surface area contributed by atoms with Crippen LogP contribution in [-0.2, 0) is 10.0 Å². The van der Waals surface area contributed by atoms with Gasteiger partial charge in [-0.15, -0.1) is 0 Å². The first-order valence-electron chi connectivity index (χ1n) is 8.90. The van der Waals surface area contributed by atoms with E-state index in [1.165, 1.54) is 29.5 Å². The Morgan fingerprint density at radius 2 is 1.58 bits per heavy atom. The lowest BCUT2D eigenvalue weighted by Gasteiger charge is -2.35. The maximum absolute atomic E-state index is 12.8. The number of Topliss-reactive ketones (excluding diaryl/α,β-unsaturated/α-hetero) is 1. The quantitative estimate of drug-likeness (QED) is 0.809. The summed E-state index contributed by atoms with van der Waals surface area (Å²) in [5, 5.41) is 0. The van der Waals surface area contributed by atoms with Gasteiger partial charge in [0.25, 0.3) is 0 Å². The summed E-state index contributed by atoms with van der Waals surface area (Å²) < 4.78 is 27.2. The molecule has 0 bridgehead atoms. The molecule has 0 saturated carbocycles. The number of piperazine rings is 1. The number of nitrogens with zero attached hydrogens (tertiary/aromatic N) is 1. The Hall–Kier alpha value is -2.02. The number of carbonyl (C=O) groups is 1. The molecule has 3 rings (SSSR count). The van der Waals surface area contributed by atoms with Crippen molar-refractivity contribution in [3.63, 3.8) is 0 Å². The van der Waals surface area contributed by atoms with Gasteiger partial charge in [-0.05, 0) is 26.0 Å². The molecule has 2 aromatic rings. The van der Waals surface area contributed by atoms with Gasteiger partial charge in [-0.1, -0.05) is 42.5 Å². The minimum absolute atomic E-state index is 0.0685. The largest absolute Gasteiger partial charge is 0.327 e. The molecule has 0 aliphatic carbocycles. The summed E-state index contributed by atoms with van der Waals surface area (Å²) in [5.41, 5.74) is 1.80. The first-order valence-corrected chi connectivity index (χ1v) is 10.3. The van der Waals surface area contributed by atoms with Crippen LogP contribution in [0.15, 0.2) is 59.5 Å². The number of hydrogen-bond acceptors (Lipinski definition) is 3. The number of rotatable bonds is 5. The van der Waals surface area contributed by atoms with Crippen molar-refractivity contribution in [2.75, 3.05) is 26.2 Å². The molecule has 1 aliphatic heterocycles. The first kappa shape index (κ1) is 18.8. The van der Waals surface area contributed by atoms with E-state index in [-0.39, 0.29) is 10.7 Å². The van der Waals surface area contributed by atoms with Crippen LogP contribution in [-0.4, -0.2) is 44.7 Å². The van der Waals surface area contributed by atoms with Crippen molar-refractivity contribution in [2.45, 2.75) is 24.8 Å². The van der Waals surface area contributed by atoms with Gasteiger partial charge in [0.1, 0.15) is 6.04 Å². The van der Waals surface area contributed by atoms with Gasteiger partial charge in [0.15, 0.2) is 5.78 Å². The van der Waals surface area contributed by atoms with Crippen molar-refractivity contribution in [1.82, 2.24) is 4.31 Å². The van der Waals surface area contributed by atoms with E-state index in [4.69, 9.17) is 0 Å². The van der Waals surface area contributed by atoms with E-state index in [9.17, 15) is 13.2 Å². The van der Waals surface area contributed by atoms with E-state index in [0.717, 1.165) is 13.1 Å². The molecule has 5 nitrogen and oxygen atoms in total. The predicted octanol–water partition coefficient (Wildman–Crippen LogP) is 1.54. The van der Waals surface area contributed by atoms with Gasteiger partial charge in [0, 0.05) is 11.1 Å². The lowest BCUT2D eigenvalue weighted by molar-refractivity contribution is -0.933. The Kier molecular flexibility index (Phi) is 5.55. The highest BCUT2D eigenvalue weighted by atomic mass is 32.2. The van der Waals surface area contributed by atoms with Crippen molar-refractivity contribution in [3.05, 3.63) is 65.7 Å². The molecular weight excluding hydrogens is 348 g/mol. The SMILES string of the molecule is CC(=O)c1ccc(S(=O)(=O)N2CC[NH+]([C@@H](C)c3ccccc3)CC2)cc1. The summed E-state index contributed by atoms with van der Waals surface area (Å²) in [6, 6.07) is 16.9. The van der Waals surface area contributed by atoms with E-state index in [0.29, 0.717) is 24.7 Å². The maximum atomic E-state index is 12.8. The van der Waals surface area contributed by atoms with Crippen molar-refractivity contribution in [2.24, 2.45) is 0 Å². The van der Waals surface area contributed by atoms with Crippen LogP contribution in [0.3, 0.4) is 0 Å². The molecular formula is C20H25N2O3S+. The molecule has 6 heteroatoms. The number of sulfonamides is 1. The number of carbonyl (C=O) groups excluding carboxylic acids is 1. The van der Waals surface area contributed by atoms with E-state index in [1.807, 2.05) is 18.2 Å². The third kappa shape index (κ3) is 3.87. The van der Waals surface area contributed by atoms with Gasteiger partial charge >= 0.3 is 0 Å². The van der Waals surface area contributed by atoms with Gasteiger partial charge in [-0.25, -0.2) is 8.42 Å². The second-order valence-electron chi connectivity index (χ2n) is 6.78. The highest BCUT2D eigenvalue weighted by molar-refractivity contribution is 7.89. The Balaban J connectivity index is 1.67. The van der Waals surface area contributed by atoms with Crippen molar-refractivity contribution in [3.8, 4) is 0 Å². The van der Waals surface area contributed by atoms with Crippen LogP contribution < -0.4 is 4.90 Å². The zero-order valence-corrected chi connectivity index (χ0v) is 16.0. The molecule has 138 valence electrons. The number of quaternary nitrogens is 1. The average Bonchev–Trinajstić information content (AvgIpc) is 2.68. The summed E-state index contributed by atoms with van der Waals surface area (Å²) >= 11 is 0. The zero-order valence-electron chi connectivity index (χ0n) is 15.2. The van der Waals surface area contributed by atoms with Crippen LogP contribution >= 0.6 is 0 Å². The molecule has 1 fully saturated rings. The van der Waals surface area contributed by atoms with Crippen LogP contribution in [0.4, 0.5) is 0 Å². The summed E-state index contributed by atoms with van der Waals surface area (Å²) in [6.07, 6.45) is 0. The molecule has 1 aliphatic rings. The Morgan fingerprint density at radius 3 is 2.12 bits per heavy atom. The summed E-state index contributed by atoms with van der Waals surface area (Å²) in [5.74, 6) is -0.0685. The Morgan fingerprint density at radius 1 is 1.00 bits per heavy atom. The topological polar surface area (TPSA) is 58.9 Å². The van der Waals surface area contributed by atoms with Crippen molar-refractivity contribution < 1.29 is 18.1 Å². The van der Waals surface area contributed by atoms with Crippen LogP contribution in [0.5, 0.6) is 0 Å². The molecule has 0 amide bonds. The Bertz CT molecular complexity index is 856. The summed E-state index contributed by atoms with van der Waals surface area (Å²) in [6.45, 7) is 6.23. The van der Waals surface area contributed by atoms with Gasteiger partial charge in [0.05, 0.1) is 31.1 Å². The molecule has 0 spiro atoms. The average molecular weight is 373 g/mol. The molecule has 1 atom stereocenters. The maximum Gasteiger partial charge on any atom is 0.243 e. The smallest absolute Gasteiger partial charge is 0.243 e. The molecule has 1 heterocycles. The summed E-state index contributed by atoms with van der Waals surface area (Å²) in [7, 11) is -3.51. The minimum atomic E-state index is -3.51. The first-order chi connectivity index (χ1) is 12.4.